The van der Waals surface area contributed by atoms with E-state index in [0.717, 1.165) is 46.4 Å². The van der Waals surface area contributed by atoms with Gasteiger partial charge >= 0.3 is 0 Å². The summed E-state index contributed by atoms with van der Waals surface area (Å²) in [6.45, 7) is 5.57. The standard InChI is InChI=1S/C11H7BrOS.C6H16N2O/c12-10-3-1-8(2-4-10)9-5-11(6-13)14-7-9;1-2-8(4-3-7)5-6-9/h1-7H;9H,2-7H2,1H3. The van der Waals surface area contributed by atoms with Crippen molar-refractivity contribution in [1.82, 2.24) is 4.90 Å². The van der Waals surface area contributed by atoms with Gasteiger partial charge in [-0.05, 0) is 41.3 Å². The number of hydrogen-bond donors (Lipinski definition) is 2. The van der Waals surface area contributed by atoms with Crippen molar-refractivity contribution in [3.05, 3.63) is 45.1 Å². The number of thiophene rings is 1. The van der Waals surface area contributed by atoms with Crippen molar-refractivity contribution in [3.63, 3.8) is 0 Å². The van der Waals surface area contributed by atoms with Gasteiger partial charge in [0, 0.05) is 24.1 Å². The summed E-state index contributed by atoms with van der Waals surface area (Å²) in [5, 5.41) is 10.5. The fourth-order valence-electron chi connectivity index (χ4n) is 1.96. The van der Waals surface area contributed by atoms with E-state index < -0.39 is 0 Å². The zero-order valence-corrected chi connectivity index (χ0v) is 15.6. The maximum Gasteiger partial charge on any atom is 0.160 e. The largest absolute Gasteiger partial charge is 0.395 e. The second kappa shape index (κ2) is 11.5. The van der Waals surface area contributed by atoms with Crippen molar-refractivity contribution in [3.8, 4) is 11.1 Å². The summed E-state index contributed by atoms with van der Waals surface area (Å²) >= 11 is 4.85. The SMILES string of the molecule is CCN(CCN)CCO.O=Cc1cc(-c2ccc(Br)cc2)cs1. The summed E-state index contributed by atoms with van der Waals surface area (Å²) in [4.78, 5) is 13.4. The van der Waals surface area contributed by atoms with Crippen molar-refractivity contribution >= 4 is 33.6 Å². The van der Waals surface area contributed by atoms with Crippen LogP contribution >= 0.6 is 27.3 Å². The van der Waals surface area contributed by atoms with E-state index in [1.54, 1.807) is 0 Å². The van der Waals surface area contributed by atoms with Crippen LogP contribution in [-0.2, 0) is 0 Å². The summed E-state index contributed by atoms with van der Waals surface area (Å²) in [6, 6.07) is 9.95. The van der Waals surface area contributed by atoms with Gasteiger partial charge < -0.3 is 15.7 Å². The van der Waals surface area contributed by atoms with Gasteiger partial charge in [-0.2, -0.15) is 0 Å². The van der Waals surface area contributed by atoms with E-state index in [1.165, 1.54) is 11.3 Å². The first kappa shape index (κ1) is 20.0. The van der Waals surface area contributed by atoms with E-state index in [1.807, 2.05) is 35.7 Å². The molecule has 0 saturated heterocycles. The molecule has 1 heterocycles. The molecule has 126 valence electrons. The topological polar surface area (TPSA) is 66.6 Å². The molecule has 4 nitrogen and oxygen atoms in total. The number of aliphatic hydroxyl groups is 1. The smallest absolute Gasteiger partial charge is 0.160 e. The summed E-state index contributed by atoms with van der Waals surface area (Å²) in [5.74, 6) is 0. The maximum atomic E-state index is 10.5. The highest BCUT2D eigenvalue weighted by Crippen LogP contribution is 2.25. The minimum absolute atomic E-state index is 0.230. The van der Waals surface area contributed by atoms with Crippen LogP contribution < -0.4 is 5.73 Å². The second-order valence-electron chi connectivity index (χ2n) is 4.81. The van der Waals surface area contributed by atoms with Crippen molar-refractivity contribution in [2.24, 2.45) is 5.73 Å². The highest BCUT2D eigenvalue weighted by molar-refractivity contribution is 9.10. The third-order valence-corrected chi connectivity index (χ3v) is 4.61. The van der Waals surface area contributed by atoms with E-state index in [-0.39, 0.29) is 6.61 Å². The molecule has 2 aromatic rings. The molecule has 3 N–H and O–H groups in total. The molecule has 0 atom stereocenters. The van der Waals surface area contributed by atoms with Crippen LogP contribution in [0, 0.1) is 0 Å². The van der Waals surface area contributed by atoms with Gasteiger partial charge in [0.25, 0.3) is 0 Å². The van der Waals surface area contributed by atoms with Gasteiger partial charge in [0.2, 0.25) is 0 Å². The first-order chi connectivity index (χ1) is 11.1. The minimum Gasteiger partial charge on any atom is -0.395 e. The van der Waals surface area contributed by atoms with Gasteiger partial charge in [0.1, 0.15) is 0 Å². The molecule has 0 aliphatic rings. The molecule has 23 heavy (non-hydrogen) atoms. The Hall–Kier alpha value is -1.05. The Bertz CT molecular complexity index is 566. The zero-order valence-electron chi connectivity index (χ0n) is 13.2. The number of carbonyl (C=O) groups excluding carboxylic acids is 1. The third-order valence-electron chi connectivity index (χ3n) is 3.22. The monoisotopic (exact) mass is 398 g/mol. The Labute approximate surface area is 150 Å². The molecule has 0 saturated carbocycles. The molecule has 0 amide bonds. The lowest BCUT2D eigenvalue weighted by Gasteiger charge is -2.16. The summed E-state index contributed by atoms with van der Waals surface area (Å²) in [6.07, 6.45) is 0.882. The third kappa shape index (κ3) is 7.37. The molecule has 1 aromatic heterocycles. The fraction of sp³-hybridized carbons (Fsp3) is 0.353. The van der Waals surface area contributed by atoms with E-state index in [9.17, 15) is 4.79 Å². The number of benzene rings is 1. The lowest BCUT2D eigenvalue weighted by atomic mass is 10.1. The van der Waals surface area contributed by atoms with Crippen LogP contribution in [0.2, 0.25) is 0 Å². The van der Waals surface area contributed by atoms with E-state index in [4.69, 9.17) is 10.8 Å². The quantitative estimate of drug-likeness (QED) is 0.702. The maximum absolute atomic E-state index is 10.5. The lowest BCUT2D eigenvalue weighted by Crippen LogP contribution is -2.31. The number of likely N-dealkylation sites (N-methyl/N-ethyl adjacent to an activating group) is 1. The highest BCUT2D eigenvalue weighted by atomic mass is 79.9. The van der Waals surface area contributed by atoms with Crippen LogP contribution in [0.25, 0.3) is 11.1 Å². The molecule has 0 bridgehead atoms. The van der Waals surface area contributed by atoms with Crippen molar-refractivity contribution < 1.29 is 9.90 Å². The Morgan fingerprint density at radius 2 is 1.96 bits per heavy atom. The van der Waals surface area contributed by atoms with Gasteiger partial charge in [-0.3, -0.25) is 4.79 Å². The minimum atomic E-state index is 0.230. The molecule has 0 unspecified atom stereocenters. The van der Waals surface area contributed by atoms with Crippen molar-refractivity contribution in [2.75, 3.05) is 32.8 Å². The summed E-state index contributed by atoms with van der Waals surface area (Å²) < 4.78 is 1.06. The molecule has 1 aromatic carbocycles. The average molecular weight is 399 g/mol. The summed E-state index contributed by atoms with van der Waals surface area (Å²) in [7, 11) is 0. The Balaban J connectivity index is 0.000000257. The number of aldehydes is 1. The number of halogens is 1. The molecule has 0 aliphatic carbocycles. The van der Waals surface area contributed by atoms with Crippen molar-refractivity contribution in [1.29, 1.82) is 0 Å². The van der Waals surface area contributed by atoms with Crippen LogP contribution in [0.1, 0.15) is 16.6 Å². The van der Waals surface area contributed by atoms with Gasteiger partial charge in [0.15, 0.2) is 6.29 Å². The molecule has 2 rings (SSSR count). The molecular weight excluding hydrogens is 376 g/mol. The number of aliphatic hydroxyl groups excluding tert-OH is 1. The fourth-order valence-corrected chi connectivity index (χ4v) is 2.94. The number of hydrogen-bond acceptors (Lipinski definition) is 5. The van der Waals surface area contributed by atoms with Gasteiger partial charge in [0.05, 0.1) is 11.5 Å². The van der Waals surface area contributed by atoms with Gasteiger partial charge in [-0.1, -0.05) is 35.0 Å². The lowest BCUT2D eigenvalue weighted by molar-refractivity contribution is 0.112. The zero-order chi connectivity index (χ0) is 17.1. The van der Waals surface area contributed by atoms with E-state index in [2.05, 4.69) is 27.8 Å². The molecular formula is C17H23BrN2O2S. The molecule has 0 aliphatic heterocycles. The summed E-state index contributed by atoms with van der Waals surface area (Å²) in [5.41, 5.74) is 7.55. The number of rotatable bonds is 7. The normalized spacial score (nSPS) is 10.3. The van der Waals surface area contributed by atoms with Crippen molar-refractivity contribution in [2.45, 2.75) is 6.92 Å². The molecule has 6 heteroatoms. The van der Waals surface area contributed by atoms with Gasteiger partial charge in [-0.15, -0.1) is 11.3 Å². The van der Waals surface area contributed by atoms with Crippen LogP contribution in [0.15, 0.2) is 40.2 Å². The average Bonchev–Trinajstić information content (AvgIpc) is 3.05. The van der Waals surface area contributed by atoms with E-state index in [0.29, 0.717) is 6.54 Å². The van der Waals surface area contributed by atoms with Crippen LogP contribution in [0.5, 0.6) is 0 Å². The Morgan fingerprint density at radius 3 is 2.43 bits per heavy atom. The number of nitrogens with zero attached hydrogens (tertiary/aromatic N) is 1. The highest BCUT2D eigenvalue weighted by Gasteiger charge is 2.01. The predicted molar refractivity (Wildman–Crippen MR) is 101 cm³/mol. The first-order valence-corrected chi connectivity index (χ1v) is 9.14. The molecule has 0 radical (unpaired) electrons. The number of nitrogens with two attached hydrogens (primary N) is 1. The van der Waals surface area contributed by atoms with E-state index >= 15 is 0 Å². The molecule has 0 spiro atoms. The first-order valence-electron chi connectivity index (χ1n) is 7.47. The second-order valence-corrected chi connectivity index (χ2v) is 6.67. The Morgan fingerprint density at radius 1 is 1.26 bits per heavy atom. The molecule has 0 fully saturated rings. The predicted octanol–water partition coefficient (Wildman–Crippen LogP) is 3.25. The van der Waals surface area contributed by atoms with Crippen LogP contribution in [0.4, 0.5) is 0 Å². The number of carbonyl (C=O) groups is 1. The van der Waals surface area contributed by atoms with Gasteiger partial charge in [-0.25, -0.2) is 0 Å². The Kier molecular flexibility index (Phi) is 9.98. The van der Waals surface area contributed by atoms with Crippen LogP contribution in [-0.4, -0.2) is 49.1 Å². The van der Waals surface area contributed by atoms with Crippen LogP contribution in [0.3, 0.4) is 0 Å².